The van der Waals surface area contributed by atoms with E-state index in [-0.39, 0.29) is 31.3 Å². The first-order valence-corrected chi connectivity index (χ1v) is 15.4. The number of aromatic amines is 1. The van der Waals surface area contributed by atoms with E-state index in [2.05, 4.69) is 25.9 Å². The van der Waals surface area contributed by atoms with Crippen LogP contribution in [-0.4, -0.2) is 82.5 Å². The summed E-state index contributed by atoms with van der Waals surface area (Å²) in [5, 5.41) is 18.8. The Balaban J connectivity index is 2.22. The first-order chi connectivity index (χ1) is 20.0. The SMILES string of the molecule is CCC(C)C(N)C(=O)NC(CCSC)C(=O)NC(CCCN=C(N)N)C(=O)NC(Cc1c[nH]c2ccccc12)C(=O)O. The van der Waals surface area contributed by atoms with Crippen molar-refractivity contribution in [1.29, 1.82) is 0 Å². The zero-order chi connectivity index (χ0) is 31.2. The number of aliphatic imine (C=N–C) groups is 1. The molecule has 0 spiro atoms. The highest BCUT2D eigenvalue weighted by atomic mass is 32.2. The molecule has 5 unspecified atom stereocenters. The molecule has 0 aliphatic rings. The molecular weight excluding hydrogens is 560 g/mol. The van der Waals surface area contributed by atoms with E-state index in [1.807, 2.05) is 44.4 Å². The average Bonchev–Trinajstić information content (AvgIpc) is 3.37. The Bertz CT molecular complexity index is 1230. The molecule has 2 aromatic rings. The molecule has 14 heteroatoms. The summed E-state index contributed by atoms with van der Waals surface area (Å²) in [6.07, 6.45) is 5.08. The second-order valence-electron chi connectivity index (χ2n) is 10.2. The Morgan fingerprint density at radius 1 is 1.00 bits per heavy atom. The van der Waals surface area contributed by atoms with Gasteiger partial charge < -0.3 is 43.2 Å². The maximum absolute atomic E-state index is 13.4. The van der Waals surface area contributed by atoms with Crippen molar-refractivity contribution in [1.82, 2.24) is 20.9 Å². The van der Waals surface area contributed by atoms with Crippen LogP contribution in [0.15, 0.2) is 35.5 Å². The van der Waals surface area contributed by atoms with Gasteiger partial charge in [0, 0.05) is 30.1 Å². The van der Waals surface area contributed by atoms with Gasteiger partial charge in [0.05, 0.1) is 6.04 Å². The number of H-pyrrole nitrogens is 1. The number of para-hydroxylation sites is 1. The molecule has 0 aliphatic carbocycles. The number of carboxylic acid groups (broad SMARTS) is 1. The van der Waals surface area contributed by atoms with Gasteiger partial charge in [-0.3, -0.25) is 19.4 Å². The second kappa shape index (κ2) is 17.2. The molecule has 42 heavy (non-hydrogen) atoms. The number of amides is 3. The smallest absolute Gasteiger partial charge is 0.326 e. The fraction of sp³-hybridized carbons (Fsp3) is 0.536. The maximum atomic E-state index is 13.4. The monoisotopic (exact) mass is 604 g/mol. The highest BCUT2D eigenvalue weighted by Gasteiger charge is 2.31. The van der Waals surface area contributed by atoms with Crippen molar-refractivity contribution >= 4 is 52.3 Å². The van der Waals surface area contributed by atoms with Crippen molar-refractivity contribution in [3.05, 3.63) is 36.0 Å². The Morgan fingerprint density at radius 3 is 2.24 bits per heavy atom. The number of carboxylic acids is 1. The zero-order valence-corrected chi connectivity index (χ0v) is 25.2. The van der Waals surface area contributed by atoms with Gasteiger partial charge in [-0.25, -0.2) is 4.79 Å². The summed E-state index contributed by atoms with van der Waals surface area (Å²) in [6, 6.07) is 3.36. The fourth-order valence-corrected chi connectivity index (χ4v) is 4.79. The van der Waals surface area contributed by atoms with Crippen LogP contribution in [0, 0.1) is 5.92 Å². The van der Waals surface area contributed by atoms with Crippen LogP contribution in [0.5, 0.6) is 0 Å². The number of nitrogens with two attached hydrogens (primary N) is 3. The van der Waals surface area contributed by atoms with Gasteiger partial charge >= 0.3 is 5.97 Å². The minimum atomic E-state index is -1.26. The molecule has 2 rings (SSSR count). The molecule has 1 aromatic heterocycles. The average molecular weight is 605 g/mol. The molecule has 0 aliphatic heterocycles. The topological polar surface area (TPSA) is 231 Å². The Labute approximate surface area is 250 Å². The van der Waals surface area contributed by atoms with Gasteiger partial charge in [0.2, 0.25) is 17.7 Å². The molecule has 0 bridgehead atoms. The lowest BCUT2D eigenvalue weighted by atomic mass is 9.99. The van der Waals surface area contributed by atoms with Crippen LogP contribution in [0.2, 0.25) is 0 Å². The number of aromatic nitrogens is 1. The number of carbonyl (C=O) groups is 4. The van der Waals surface area contributed by atoms with Crippen molar-refractivity contribution in [2.45, 2.75) is 70.1 Å². The maximum Gasteiger partial charge on any atom is 0.326 e. The van der Waals surface area contributed by atoms with Crippen molar-refractivity contribution in [2.24, 2.45) is 28.1 Å². The molecular formula is C28H44N8O5S. The predicted octanol–water partition coefficient (Wildman–Crippen LogP) is 0.430. The molecule has 0 radical (unpaired) electrons. The van der Waals surface area contributed by atoms with Crippen LogP contribution < -0.4 is 33.2 Å². The number of thioether (sulfide) groups is 1. The number of nitrogens with zero attached hydrogens (tertiary/aromatic N) is 1. The highest BCUT2D eigenvalue weighted by molar-refractivity contribution is 7.98. The van der Waals surface area contributed by atoms with Crippen LogP contribution in [0.1, 0.15) is 45.1 Å². The largest absolute Gasteiger partial charge is 0.480 e. The standard InChI is InChI=1S/C28H44N8O5S/c1-4-16(2)23(29)26(39)35-21(11-13-42-3)25(38)34-20(10-7-12-32-28(30)31)24(37)36-22(27(40)41)14-17-15-33-19-9-6-5-8-18(17)19/h5-6,8-9,15-16,20-23,33H,4,7,10-14,29H2,1-3H3,(H,34,38)(H,35,39)(H,36,37)(H,40,41)(H4,30,31,32). The lowest BCUT2D eigenvalue weighted by Gasteiger charge is -2.26. The van der Waals surface area contributed by atoms with Crippen LogP contribution in [0.4, 0.5) is 0 Å². The quantitative estimate of drug-likeness (QED) is 0.0669. The first-order valence-electron chi connectivity index (χ1n) is 14.0. The molecule has 0 saturated heterocycles. The lowest BCUT2D eigenvalue weighted by Crippen LogP contribution is -2.57. The molecule has 1 aromatic carbocycles. The van der Waals surface area contributed by atoms with Gasteiger partial charge in [0.15, 0.2) is 5.96 Å². The number of nitrogens with one attached hydrogen (secondary N) is 4. The predicted molar refractivity (Wildman–Crippen MR) is 166 cm³/mol. The summed E-state index contributed by atoms with van der Waals surface area (Å²) in [4.78, 5) is 58.7. The highest BCUT2D eigenvalue weighted by Crippen LogP contribution is 2.19. The third-order valence-electron chi connectivity index (χ3n) is 7.10. The molecule has 232 valence electrons. The van der Waals surface area contributed by atoms with Gasteiger partial charge in [-0.1, -0.05) is 38.5 Å². The summed E-state index contributed by atoms with van der Waals surface area (Å²) in [5.74, 6) is -2.54. The summed E-state index contributed by atoms with van der Waals surface area (Å²) < 4.78 is 0. The van der Waals surface area contributed by atoms with Crippen LogP contribution in [0.25, 0.3) is 10.9 Å². The molecule has 0 saturated carbocycles. The normalized spacial score (nSPS) is 14.7. The zero-order valence-electron chi connectivity index (χ0n) is 24.4. The van der Waals surface area contributed by atoms with E-state index in [0.29, 0.717) is 25.0 Å². The minimum Gasteiger partial charge on any atom is -0.480 e. The van der Waals surface area contributed by atoms with E-state index in [1.165, 1.54) is 11.8 Å². The van der Waals surface area contributed by atoms with Crippen LogP contribution >= 0.6 is 11.8 Å². The van der Waals surface area contributed by atoms with Crippen LogP contribution in [0.3, 0.4) is 0 Å². The Hall–Kier alpha value is -3.78. The van der Waals surface area contributed by atoms with Crippen molar-refractivity contribution < 1.29 is 24.3 Å². The Kier molecular flexibility index (Phi) is 14.1. The number of hydrogen-bond donors (Lipinski definition) is 8. The van der Waals surface area contributed by atoms with E-state index in [0.717, 1.165) is 16.5 Å². The van der Waals surface area contributed by atoms with E-state index < -0.39 is 47.9 Å². The van der Waals surface area contributed by atoms with Gasteiger partial charge in [-0.05, 0) is 48.8 Å². The van der Waals surface area contributed by atoms with E-state index >= 15 is 0 Å². The molecule has 0 fully saturated rings. The molecule has 13 nitrogen and oxygen atoms in total. The summed E-state index contributed by atoms with van der Waals surface area (Å²) >= 11 is 1.50. The lowest BCUT2D eigenvalue weighted by molar-refractivity contribution is -0.142. The minimum absolute atomic E-state index is 0.0274. The number of carbonyl (C=O) groups excluding carboxylic acids is 3. The van der Waals surface area contributed by atoms with Crippen molar-refractivity contribution in [3.63, 3.8) is 0 Å². The van der Waals surface area contributed by atoms with Crippen molar-refractivity contribution in [2.75, 3.05) is 18.6 Å². The molecule has 5 atom stereocenters. The number of benzene rings is 1. The van der Waals surface area contributed by atoms with Gasteiger partial charge in [0.1, 0.15) is 18.1 Å². The van der Waals surface area contributed by atoms with Crippen LogP contribution in [-0.2, 0) is 25.6 Å². The number of hydrogen-bond acceptors (Lipinski definition) is 7. The summed E-state index contributed by atoms with van der Waals surface area (Å²) in [6.45, 7) is 3.98. The molecule has 1 heterocycles. The van der Waals surface area contributed by atoms with E-state index in [9.17, 15) is 24.3 Å². The van der Waals surface area contributed by atoms with E-state index in [4.69, 9.17) is 17.2 Å². The third-order valence-corrected chi connectivity index (χ3v) is 7.74. The van der Waals surface area contributed by atoms with E-state index in [1.54, 1.807) is 6.20 Å². The van der Waals surface area contributed by atoms with Gasteiger partial charge in [-0.15, -0.1) is 0 Å². The molecule has 11 N–H and O–H groups in total. The van der Waals surface area contributed by atoms with Crippen molar-refractivity contribution in [3.8, 4) is 0 Å². The summed E-state index contributed by atoms with van der Waals surface area (Å²) in [5.41, 5.74) is 18.4. The Morgan fingerprint density at radius 2 is 1.62 bits per heavy atom. The molecule has 3 amide bonds. The second-order valence-corrected chi connectivity index (χ2v) is 11.2. The van der Waals surface area contributed by atoms with Gasteiger partial charge in [-0.2, -0.15) is 11.8 Å². The number of guanidine groups is 1. The number of fused-ring (bicyclic) bond motifs is 1. The number of rotatable bonds is 18. The van der Waals surface area contributed by atoms with Gasteiger partial charge in [0.25, 0.3) is 0 Å². The number of aliphatic carboxylic acids is 1. The summed E-state index contributed by atoms with van der Waals surface area (Å²) in [7, 11) is 0. The first kappa shape index (κ1) is 34.4. The third kappa shape index (κ3) is 10.6. The fourth-order valence-electron chi connectivity index (χ4n) is 4.32.